The third-order valence-electron chi connectivity index (χ3n) is 7.12. The molecule has 3 aromatic rings. The van der Waals surface area contributed by atoms with E-state index in [1.165, 1.54) is 5.56 Å². The maximum absolute atomic E-state index is 13.4. The van der Waals surface area contributed by atoms with Crippen molar-refractivity contribution < 1.29 is 19.0 Å². The van der Waals surface area contributed by atoms with E-state index in [-0.39, 0.29) is 11.9 Å². The first-order valence-electron chi connectivity index (χ1n) is 14.1. The van der Waals surface area contributed by atoms with E-state index in [0.29, 0.717) is 54.5 Å². The van der Waals surface area contributed by atoms with Crippen LogP contribution in [0.1, 0.15) is 62.2 Å². The topological polar surface area (TPSA) is 72.9 Å². The Morgan fingerprint density at radius 2 is 1.79 bits per heavy atom. The van der Waals surface area contributed by atoms with Crippen molar-refractivity contribution in [1.29, 1.82) is 0 Å². The van der Waals surface area contributed by atoms with E-state index in [1.54, 1.807) is 13.2 Å². The fourth-order valence-corrected chi connectivity index (χ4v) is 5.03. The quantitative estimate of drug-likeness (QED) is 0.304. The Morgan fingerprint density at radius 3 is 2.51 bits per heavy atom. The number of hydrogen-bond acceptors (Lipinski definition) is 6. The van der Waals surface area contributed by atoms with Gasteiger partial charge in [0.05, 0.1) is 6.61 Å². The maximum Gasteiger partial charge on any atom is 0.270 e. The number of pyridine rings is 1. The number of rotatable bonds is 12. The summed E-state index contributed by atoms with van der Waals surface area (Å²) < 4.78 is 17.5. The molecule has 0 radical (unpaired) electrons. The molecule has 1 saturated heterocycles. The molecule has 0 aliphatic carbocycles. The van der Waals surface area contributed by atoms with Crippen LogP contribution in [0.3, 0.4) is 0 Å². The Labute approximate surface area is 232 Å². The van der Waals surface area contributed by atoms with Crippen LogP contribution in [-0.2, 0) is 17.8 Å². The Balaban J connectivity index is 1.57. The molecule has 1 aliphatic heterocycles. The van der Waals surface area contributed by atoms with Crippen molar-refractivity contribution in [2.24, 2.45) is 5.92 Å². The van der Waals surface area contributed by atoms with Crippen LogP contribution in [0, 0.1) is 5.92 Å². The molecule has 1 aromatic heterocycles. The molecule has 4 rings (SSSR count). The van der Waals surface area contributed by atoms with Crippen LogP contribution < -0.4 is 14.8 Å². The predicted molar refractivity (Wildman–Crippen MR) is 156 cm³/mol. The lowest BCUT2D eigenvalue weighted by Gasteiger charge is -2.35. The number of methoxy groups -OCH3 is 1. The van der Waals surface area contributed by atoms with Crippen LogP contribution in [-0.4, -0.2) is 61.3 Å². The lowest BCUT2D eigenvalue weighted by atomic mass is 10.0. The smallest absolute Gasteiger partial charge is 0.270 e. The van der Waals surface area contributed by atoms with Crippen molar-refractivity contribution >= 4 is 16.8 Å². The number of likely N-dealkylation sites (tertiary alicyclic amines) is 1. The molecule has 7 heteroatoms. The van der Waals surface area contributed by atoms with Gasteiger partial charge in [0.15, 0.2) is 0 Å². The average Bonchev–Trinajstić information content (AvgIpc) is 2.92. The van der Waals surface area contributed by atoms with Gasteiger partial charge in [-0.05, 0) is 68.8 Å². The molecule has 39 heavy (non-hydrogen) atoms. The van der Waals surface area contributed by atoms with E-state index in [0.717, 1.165) is 43.3 Å². The van der Waals surface area contributed by atoms with Gasteiger partial charge >= 0.3 is 0 Å². The average molecular weight is 534 g/mol. The van der Waals surface area contributed by atoms with Crippen LogP contribution in [0.25, 0.3) is 10.9 Å². The number of carbonyl (C=O) groups is 1. The van der Waals surface area contributed by atoms with Gasteiger partial charge in [0, 0.05) is 37.2 Å². The van der Waals surface area contributed by atoms with Crippen molar-refractivity contribution in [2.45, 2.75) is 65.6 Å². The van der Waals surface area contributed by atoms with Crippen LogP contribution >= 0.6 is 0 Å². The standard InChI is InChI=1S/C32H43N3O4/c1-22(2)18-24-11-13-25(14-12-24)21-39-29-10-6-9-27-30(38-17-16-37-5)19-28(34-31(27)29)32(36)33-26-8-7-15-35(20-26)23(3)4/h6,9-14,19,22-23,26H,7-8,15-18,20-21H2,1-5H3,(H,33,36)/t26-/m1/s1. The van der Waals surface area contributed by atoms with Gasteiger partial charge in [-0.25, -0.2) is 4.98 Å². The normalized spacial score (nSPS) is 16.1. The number of hydrogen-bond donors (Lipinski definition) is 1. The van der Waals surface area contributed by atoms with Gasteiger partial charge < -0.3 is 19.5 Å². The molecule has 1 N–H and O–H groups in total. The Hall–Kier alpha value is -3.16. The first-order valence-corrected chi connectivity index (χ1v) is 14.1. The zero-order valence-corrected chi connectivity index (χ0v) is 24.0. The van der Waals surface area contributed by atoms with Crippen LogP contribution in [0.2, 0.25) is 0 Å². The summed E-state index contributed by atoms with van der Waals surface area (Å²) in [4.78, 5) is 20.6. The highest BCUT2D eigenvalue weighted by Crippen LogP contribution is 2.32. The number of carbonyl (C=O) groups excluding carboxylic acids is 1. The van der Waals surface area contributed by atoms with E-state index in [4.69, 9.17) is 19.2 Å². The number of nitrogens with one attached hydrogen (secondary N) is 1. The fourth-order valence-electron chi connectivity index (χ4n) is 5.03. The van der Waals surface area contributed by atoms with Crippen molar-refractivity contribution in [3.8, 4) is 11.5 Å². The monoisotopic (exact) mass is 533 g/mol. The summed E-state index contributed by atoms with van der Waals surface area (Å²) in [5.41, 5.74) is 3.34. The SMILES string of the molecule is COCCOc1cc(C(=O)N[C@@H]2CCCN(C(C)C)C2)nc2c(OCc3ccc(CC(C)C)cc3)cccc12. The van der Waals surface area contributed by atoms with E-state index in [1.807, 2.05) is 18.2 Å². The molecular formula is C32H43N3O4. The first-order chi connectivity index (χ1) is 18.8. The highest BCUT2D eigenvalue weighted by atomic mass is 16.5. The summed E-state index contributed by atoms with van der Waals surface area (Å²) >= 11 is 0. The third kappa shape index (κ3) is 7.93. The number of piperidine rings is 1. The second kappa shape index (κ2) is 13.8. The van der Waals surface area contributed by atoms with Gasteiger partial charge in [0.25, 0.3) is 5.91 Å². The van der Waals surface area contributed by atoms with Gasteiger partial charge in [-0.2, -0.15) is 0 Å². The molecule has 0 unspecified atom stereocenters. The summed E-state index contributed by atoms with van der Waals surface area (Å²) in [5.74, 6) is 1.64. The van der Waals surface area contributed by atoms with E-state index < -0.39 is 0 Å². The lowest BCUT2D eigenvalue weighted by Crippen LogP contribution is -2.49. The minimum absolute atomic E-state index is 0.0918. The van der Waals surface area contributed by atoms with Gasteiger partial charge in [-0.15, -0.1) is 0 Å². The molecule has 0 saturated carbocycles. The number of amides is 1. The number of fused-ring (bicyclic) bond motifs is 1. The first kappa shape index (κ1) is 28.8. The summed E-state index contributed by atoms with van der Waals surface area (Å²) in [7, 11) is 1.64. The maximum atomic E-state index is 13.4. The molecule has 0 bridgehead atoms. The second-order valence-electron chi connectivity index (χ2n) is 11.1. The molecule has 1 fully saturated rings. The van der Waals surface area contributed by atoms with Gasteiger partial charge in [-0.1, -0.05) is 44.2 Å². The van der Waals surface area contributed by atoms with Gasteiger partial charge in [-0.3, -0.25) is 9.69 Å². The molecule has 0 spiro atoms. The van der Waals surface area contributed by atoms with Crippen LogP contribution in [0.5, 0.6) is 11.5 Å². The number of para-hydroxylation sites is 1. The van der Waals surface area contributed by atoms with E-state index in [2.05, 4.69) is 62.2 Å². The molecule has 1 aliphatic rings. The van der Waals surface area contributed by atoms with Crippen molar-refractivity contribution in [2.75, 3.05) is 33.4 Å². The summed E-state index contributed by atoms with van der Waals surface area (Å²) in [6.45, 7) is 12.0. The number of benzene rings is 2. The summed E-state index contributed by atoms with van der Waals surface area (Å²) in [6.07, 6.45) is 3.08. The molecule has 1 atom stereocenters. The highest BCUT2D eigenvalue weighted by Gasteiger charge is 2.24. The predicted octanol–water partition coefficient (Wildman–Crippen LogP) is 5.64. The minimum atomic E-state index is -0.195. The summed E-state index contributed by atoms with van der Waals surface area (Å²) in [6, 6.07) is 16.6. The Kier molecular flexibility index (Phi) is 10.2. The summed E-state index contributed by atoms with van der Waals surface area (Å²) in [5, 5.41) is 4.01. The van der Waals surface area contributed by atoms with Crippen molar-refractivity contribution in [3.05, 3.63) is 65.4 Å². The van der Waals surface area contributed by atoms with Gasteiger partial charge in [0.2, 0.25) is 0 Å². The minimum Gasteiger partial charge on any atom is -0.490 e. The number of aromatic nitrogens is 1. The molecule has 1 amide bonds. The van der Waals surface area contributed by atoms with Crippen molar-refractivity contribution in [1.82, 2.24) is 15.2 Å². The Bertz CT molecular complexity index is 1230. The zero-order valence-electron chi connectivity index (χ0n) is 24.0. The Morgan fingerprint density at radius 1 is 1.03 bits per heavy atom. The van der Waals surface area contributed by atoms with Crippen LogP contribution in [0.4, 0.5) is 0 Å². The number of ether oxygens (including phenoxy) is 3. The lowest BCUT2D eigenvalue weighted by molar-refractivity contribution is 0.0881. The van der Waals surface area contributed by atoms with Gasteiger partial charge in [0.1, 0.15) is 35.9 Å². The second-order valence-corrected chi connectivity index (χ2v) is 11.1. The largest absolute Gasteiger partial charge is 0.490 e. The molecule has 7 nitrogen and oxygen atoms in total. The molecular weight excluding hydrogens is 490 g/mol. The molecule has 210 valence electrons. The third-order valence-corrected chi connectivity index (χ3v) is 7.12. The molecule has 2 heterocycles. The zero-order chi connectivity index (χ0) is 27.8. The highest BCUT2D eigenvalue weighted by molar-refractivity contribution is 5.98. The fraction of sp³-hybridized carbons (Fsp3) is 0.500. The van der Waals surface area contributed by atoms with Crippen LogP contribution in [0.15, 0.2) is 48.5 Å². The van der Waals surface area contributed by atoms with E-state index >= 15 is 0 Å². The number of nitrogens with zero attached hydrogens (tertiary/aromatic N) is 2. The van der Waals surface area contributed by atoms with E-state index in [9.17, 15) is 4.79 Å². The molecule has 2 aromatic carbocycles. The van der Waals surface area contributed by atoms with Crippen molar-refractivity contribution in [3.63, 3.8) is 0 Å².